The van der Waals surface area contributed by atoms with Gasteiger partial charge in [-0.25, -0.2) is 8.42 Å². The van der Waals surface area contributed by atoms with E-state index < -0.39 is 21.0 Å². The van der Waals surface area contributed by atoms with Crippen LogP contribution in [0.2, 0.25) is 0 Å². The summed E-state index contributed by atoms with van der Waals surface area (Å²) in [4.78, 5) is 2.13. The molecular formula is C11H22N2O3S. The average Bonchev–Trinajstić information content (AvgIpc) is 2.20. The molecule has 0 radical (unpaired) electrons. The van der Waals surface area contributed by atoms with Crippen molar-refractivity contribution in [1.29, 1.82) is 0 Å². The summed E-state index contributed by atoms with van der Waals surface area (Å²) in [5, 5.41) is 10.7. The van der Waals surface area contributed by atoms with Crippen molar-refractivity contribution in [3.8, 4) is 0 Å². The Kier molecular flexibility index (Phi) is 3.27. The van der Waals surface area contributed by atoms with Gasteiger partial charge in [-0.1, -0.05) is 0 Å². The van der Waals surface area contributed by atoms with E-state index in [2.05, 4.69) is 4.90 Å². The third-order valence-electron chi connectivity index (χ3n) is 4.30. The molecule has 5 nitrogen and oxygen atoms in total. The van der Waals surface area contributed by atoms with Crippen LogP contribution in [0.3, 0.4) is 0 Å². The van der Waals surface area contributed by atoms with Gasteiger partial charge in [0, 0.05) is 13.1 Å². The summed E-state index contributed by atoms with van der Waals surface area (Å²) in [6, 6.07) is 0. The maximum atomic E-state index is 11.7. The fourth-order valence-electron chi connectivity index (χ4n) is 3.00. The molecule has 0 aromatic rings. The number of hydrogen-bond acceptors (Lipinski definition) is 5. The molecule has 0 amide bonds. The number of sulfone groups is 1. The van der Waals surface area contributed by atoms with E-state index in [0.717, 1.165) is 13.1 Å². The highest BCUT2D eigenvalue weighted by Crippen LogP contribution is 2.37. The average molecular weight is 262 g/mol. The molecule has 2 rings (SSSR count). The molecule has 100 valence electrons. The maximum Gasteiger partial charge on any atom is 0.152 e. The molecule has 2 heterocycles. The predicted octanol–water partition coefficient (Wildman–Crippen LogP) is -0.651. The van der Waals surface area contributed by atoms with Crippen LogP contribution in [0, 0.1) is 0 Å². The lowest BCUT2D eigenvalue weighted by Gasteiger charge is -2.50. The van der Waals surface area contributed by atoms with Crippen molar-refractivity contribution in [3.63, 3.8) is 0 Å². The third-order valence-corrected chi connectivity index (χ3v) is 6.16. The lowest BCUT2D eigenvalue weighted by atomic mass is 9.72. The van der Waals surface area contributed by atoms with Crippen LogP contribution in [-0.4, -0.2) is 61.2 Å². The van der Waals surface area contributed by atoms with Gasteiger partial charge in [-0.15, -0.1) is 0 Å². The van der Waals surface area contributed by atoms with Gasteiger partial charge in [0.25, 0.3) is 0 Å². The van der Waals surface area contributed by atoms with Gasteiger partial charge in [-0.3, -0.25) is 0 Å². The molecule has 0 bridgehead atoms. The smallest absolute Gasteiger partial charge is 0.152 e. The van der Waals surface area contributed by atoms with Crippen molar-refractivity contribution >= 4 is 9.84 Å². The number of nitrogens with zero attached hydrogens (tertiary/aromatic N) is 1. The first kappa shape index (κ1) is 13.3. The second-order valence-electron chi connectivity index (χ2n) is 5.69. The van der Waals surface area contributed by atoms with Crippen molar-refractivity contribution in [2.75, 3.05) is 31.6 Å². The molecule has 0 aromatic carbocycles. The quantitative estimate of drug-likeness (QED) is 0.656. The van der Waals surface area contributed by atoms with Gasteiger partial charge >= 0.3 is 0 Å². The molecule has 17 heavy (non-hydrogen) atoms. The van der Waals surface area contributed by atoms with Gasteiger partial charge < -0.3 is 15.7 Å². The predicted molar refractivity (Wildman–Crippen MR) is 66.5 cm³/mol. The zero-order chi connectivity index (χ0) is 12.7. The first-order valence-corrected chi connectivity index (χ1v) is 7.99. The topological polar surface area (TPSA) is 83.6 Å². The van der Waals surface area contributed by atoms with Gasteiger partial charge in [0.1, 0.15) is 0 Å². The fourth-order valence-corrected chi connectivity index (χ4v) is 4.92. The van der Waals surface area contributed by atoms with Crippen LogP contribution in [0.4, 0.5) is 0 Å². The first-order chi connectivity index (χ1) is 7.77. The van der Waals surface area contributed by atoms with Gasteiger partial charge in [0.15, 0.2) is 9.84 Å². The number of rotatable bonds is 1. The van der Waals surface area contributed by atoms with E-state index in [4.69, 9.17) is 5.73 Å². The molecule has 2 aliphatic rings. The molecule has 3 N–H and O–H groups in total. The minimum atomic E-state index is -3.09. The number of likely N-dealkylation sites (tertiary alicyclic amines) is 1. The summed E-state index contributed by atoms with van der Waals surface area (Å²) in [6.07, 6.45) is 2.30. The third kappa shape index (κ3) is 2.50. The number of hydrogen-bond donors (Lipinski definition) is 2. The van der Waals surface area contributed by atoms with Crippen molar-refractivity contribution in [3.05, 3.63) is 0 Å². The summed E-state index contributed by atoms with van der Waals surface area (Å²) >= 11 is 0. The van der Waals surface area contributed by atoms with E-state index >= 15 is 0 Å². The summed E-state index contributed by atoms with van der Waals surface area (Å²) in [5.41, 5.74) is 4.27. The molecule has 0 saturated carbocycles. The molecule has 0 aliphatic carbocycles. The maximum absolute atomic E-state index is 11.7. The Labute approximate surface area is 103 Å². The van der Waals surface area contributed by atoms with Gasteiger partial charge in [0.05, 0.1) is 22.6 Å². The van der Waals surface area contributed by atoms with Crippen molar-refractivity contribution in [2.24, 2.45) is 5.73 Å². The molecule has 0 spiro atoms. The Hall–Kier alpha value is -0.170. The van der Waals surface area contributed by atoms with E-state index in [0.29, 0.717) is 25.7 Å². The van der Waals surface area contributed by atoms with E-state index in [9.17, 15) is 13.5 Å². The molecule has 6 heteroatoms. The molecule has 0 aromatic heterocycles. The van der Waals surface area contributed by atoms with Crippen LogP contribution < -0.4 is 5.73 Å². The van der Waals surface area contributed by atoms with E-state index in [-0.39, 0.29) is 11.5 Å². The summed E-state index contributed by atoms with van der Waals surface area (Å²) in [7, 11) is -1.09. The van der Waals surface area contributed by atoms with Gasteiger partial charge in [-0.05, 0) is 32.7 Å². The Bertz CT molecular complexity index is 388. The summed E-state index contributed by atoms with van der Waals surface area (Å²) in [6.45, 7) is 1.55. The largest absolute Gasteiger partial charge is 0.388 e. The minimum absolute atomic E-state index is 0.0692. The highest BCUT2D eigenvalue weighted by molar-refractivity contribution is 7.91. The molecule has 2 aliphatic heterocycles. The van der Waals surface area contributed by atoms with Crippen LogP contribution in [-0.2, 0) is 9.84 Å². The van der Waals surface area contributed by atoms with Gasteiger partial charge in [-0.2, -0.15) is 0 Å². The van der Waals surface area contributed by atoms with Crippen LogP contribution in [0.5, 0.6) is 0 Å². The highest BCUT2D eigenvalue weighted by Gasteiger charge is 2.52. The van der Waals surface area contributed by atoms with E-state index in [1.54, 1.807) is 0 Å². The molecule has 2 fully saturated rings. The minimum Gasteiger partial charge on any atom is -0.388 e. The lowest BCUT2D eigenvalue weighted by Crippen LogP contribution is -2.68. The Balaban J connectivity index is 2.19. The highest BCUT2D eigenvalue weighted by atomic mass is 32.2. The Morgan fingerprint density at radius 3 is 2.35 bits per heavy atom. The van der Waals surface area contributed by atoms with Crippen LogP contribution in [0.15, 0.2) is 0 Å². The van der Waals surface area contributed by atoms with E-state index in [1.165, 1.54) is 0 Å². The monoisotopic (exact) mass is 262 g/mol. The molecule has 2 saturated heterocycles. The molecular weight excluding hydrogens is 240 g/mol. The SMILES string of the molecule is CN1CCC(O)(C2(N)CCCS(=O)(=O)C2)CC1. The van der Waals surface area contributed by atoms with Gasteiger partial charge in [0.2, 0.25) is 0 Å². The van der Waals surface area contributed by atoms with Crippen LogP contribution in [0.1, 0.15) is 25.7 Å². The number of nitrogens with two attached hydrogens (primary N) is 1. The summed E-state index contributed by atoms with van der Waals surface area (Å²) < 4.78 is 23.4. The lowest BCUT2D eigenvalue weighted by molar-refractivity contribution is -0.0737. The summed E-state index contributed by atoms with van der Waals surface area (Å²) in [5.74, 6) is 0.141. The van der Waals surface area contributed by atoms with Crippen molar-refractivity contribution in [2.45, 2.75) is 36.8 Å². The molecule has 1 atom stereocenters. The van der Waals surface area contributed by atoms with Crippen LogP contribution in [0.25, 0.3) is 0 Å². The second-order valence-corrected chi connectivity index (χ2v) is 7.87. The Morgan fingerprint density at radius 2 is 1.82 bits per heavy atom. The normalized spacial score (nSPS) is 37.8. The fraction of sp³-hybridized carbons (Fsp3) is 1.00. The van der Waals surface area contributed by atoms with Crippen molar-refractivity contribution in [1.82, 2.24) is 4.90 Å². The second kappa shape index (κ2) is 4.19. The number of aliphatic hydroxyl groups is 1. The van der Waals surface area contributed by atoms with Crippen LogP contribution >= 0.6 is 0 Å². The zero-order valence-electron chi connectivity index (χ0n) is 10.4. The standard InChI is InChI=1S/C11H22N2O3S/c1-13-6-4-11(14,5-7-13)10(12)3-2-8-17(15,16)9-10/h14H,2-9,12H2,1H3. The van der Waals surface area contributed by atoms with E-state index in [1.807, 2.05) is 7.05 Å². The molecule has 1 unspecified atom stereocenters. The first-order valence-electron chi connectivity index (χ1n) is 6.17. The van der Waals surface area contributed by atoms with Crippen molar-refractivity contribution < 1.29 is 13.5 Å². The Morgan fingerprint density at radius 1 is 1.24 bits per heavy atom. The number of piperidine rings is 1. The zero-order valence-corrected chi connectivity index (χ0v) is 11.2.